The molecule has 0 aliphatic heterocycles. The van der Waals surface area contributed by atoms with E-state index in [1.54, 1.807) is 0 Å². The molecule has 1 aromatic heterocycles. The normalized spacial score (nSPS) is 15.0. The second kappa shape index (κ2) is 4.73. The van der Waals surface area contributed by atoms with Crippen molar-refractivity contribution in [2.75, 3.05) is 11.4 Å². The van der Waals surface area contributed by atoms with Gasteiger partial charge in [-0.2, -0.15) is 0 Å². The summed E-state index contributed by atoms with van der Waals surface area (Å²) in [7, 11) is 0. The highest BCUT2D eigenvalue weighted by Gasteiger charge is 2.26. The van der Waals surface area contributed by atoms with Crippen molar-refractivity contribution in [1.82, 2.24) is 4.98 Å². The van der Waals surface area contributed by atoms with Gasteiger partial charge in [-0.25, -0.2) is 4.98 Å². The zero-order valence-corrected chi connectivity index (χ0v) is 10.3. The fraction of sp³-hybridized carbons (Fsp3) is 0.538. The largest absolute Gasteiger partial charge is 0.480 e. The van der Waals surface area contributed by atoms with Gasteiger partial charge in [-0.05, 0) is 38.8 Å². The molecule has 92 valence electrons. The summed E-state index contributed by atoms with van der Waals surface area (Å²) in [6, 6.07) is 6.01. The molecule has 4 nitrogen and oxygen atoms in total. The average molecular weight is 234 g/mol. The van der Waals surface area contributed by atoms with E-state index in [-0.39, 0.29) is 12.6 Å². The van der Waals surface area contributed by atoms with Gasteiger partial charge in [0.1, 0.15) is 12.4 Å². The van der Waals surface area contributed by atoms with Gasteiger partial charge in [-0.1, -0.05) is 6.07 Å². The van der Waals surface area contributed by atoms with Crippen LogP contribution in [0.2, 0.25) is 0 Å². The summed E-state index contributed by atoms with van der Waals surface area (Å²) in [5.41, 5.74) is 1.10. The Morgan fingerprint density at radius 3 is 2.76 bits per heavy atom. The Balaban J connectivity index is 2.21. The molecule has 0 aromatic carbocycles. The van der Waals surface area contributed by atoms with Crippen molar-refractivity contribution in [2.45, 2.75) is 38.6 Å². The Morgan fingerprint density at radius 2 is 2.24 bits per heavy atom. The lowest BCUT2D eigenvalue weighted by molar-refractivity contribution is -0.135. The molecular formula is C13H18N2O2. The summed E-state index contributed by atoms with van der Waals surface area (Å²) >= 11 is 0. The van der Waals surface area contributed by atoms with Crippen molar-refractivity contribution in [1.29, 1.82) is 0 Å². The van der Waals surface area contributed by atoms with Crippen LogP contribution in [0.4, 0.5) is 5.82 Å². The fourth-order valence-electron chi connectivity index (χ4n) is 1.88. The van der Waals surface area contributed by atoms with Crippen molar-refractivity contribution >= 4 is 11.8 Å². The number of aromatic nitrogens is 1. The highest BCUT2D eigenvalue weighted by molar-refractivity contribution is 5.73. The number of aliphatic carboxylic acids is 1. The second-order valence-corrected chi connectivity index (χ2v) is 4.81. The molecule has 0 amide bonds. The van der Waals surface area contributed by atoms with Crippen LogP contribution in [-0.4, -0.2) is 28.6 Å². The molecule has 1 N–H and O–H groups in total. The number of nitrogens with zero attached hydrogens (tertiary/aromatic N) is 2. The van der Waals surface area contributed by atoms with Gasteiger partial charge in [0.2, 0.25) is 0 Å². The Kier molecular flexibility index (Phi) is 3.31. The van der Waals surface area contributed by atoms with Crippen molar-refractivity contribution in [3.05, 3.63) is 23.9 Å². The first kappa shape index (κ1) is 11.9. The van der Waals surface area contributed by atoms with Crippen LogP contribution in [0.25, 0.3) is 0 Å². The van der Waals surface area contributed by atoms with Crippen LogP contribution in [-0.2, 0) is 4.79 Å². The molecule has 2 rings (SSSR count). The lowest BCUT2D eigenvalue weighted by atomic mass is 10.2. The van der Waals surface area contributed by atoms with E-state index in [9.17, 15) is 4.79 Å². The zero-order chi connectivity index (χ0) is 12.4. The molecule has 0 radical (unpaired) electrons. The van der Waals surface area contributed by atoms with Crippen LogP contribution < -0.4 is 4.90 Å². The third kappa shape index (κ3) is 2.96. The van der Waals surface area contributed by atoms with E-state index < -0.39 is 5.97 Å². The topological polar surface area (TPSA) is 53.4 Å². The molecule has 0 spiro atoms. The van der Waals surface area contributed by atoms with Gasteiger partial charge in [0.05, 0.1) is 0 Å². The Morgan fingerprint density at radius 1 is 1.53 bits per heavy atom. The maximum atomic E-state index is 10.8. The Bertz CT molecular complexity index is 414. The quantitative estimate of drug-likeness (QED) is 0.849. The monoisotopic (exact) mass is 234 g/mol. The highest BCUT2D eigenvalue weighted by atomic mass is 16.4. The van der Waals surface area contributed by atoms with E-state index in [1.165, 1.54) is 12.8 Å². The minimum absolute atomic E-state index is 0.00120. The molecule has 1 heterocycles. The minimum Gasteiger partial charge on any atom is -0.480 e. The summed E-state index contributed by atoms with van der Waals surface area (Å²) in [6.45, 7) is 3.96. The number of carbonyl (C=O) groups is 1. The van der Waals surface area contributed by atoms with Gasteiger partial charge >= 0.3 is 5.97 Å². The van der Waals surface area contributed by atoms with E-state index >= 15 is 0 Å². The van der Waals surface area contributed by atoms with E-state index in [0.29, 0.717) is 5.92 Å². The lowest BCUT2D eigenvalue weighted by Crippen LogP contribution is -2.36. The van der Waals surface area contributed by atoms with Crippen LogP contribution in [0.1, 0.15) is 38.3 Å². The van der Waals surface area contributed by atoms with Gasteiger partial charge in [0, 0.05) is 17.7 Å². The highest BCUT2D eigenvalue weighted by Crippen LogP contribution is 2.39. The molecule has 1 aliphatic rings. The number of pyridine rings is 1. The molecule has 4 heteroatoms. The molecule has 17 heavy (non-hydrogen) atoms. The summed E-state index contributed by atoms with van der Waals surface area (Å²) in [4.78, 5) is 17.2. The molecule has 0 unspecified atom stereocenters. The predicted octanol–water partition coefficient (Wildman–Crippen LogP) is 2.26. The van der Waals surface area contributed by atoms with Crippen molar-refractivity contribution < 1.29 is 9.90 Å². The molecular weight excluding hydrogens is 216 g/mol. The summed E-state index contributed by atoms with van der Waals surface area (Å²) in [5, 5.41) is 8.92. The molecule has 0 atom stereocenters. The maximum absolute atomic E-state index is 10.8. The molecule has 1 saturated carbocycles. The fourth-order valence-corrected chi connectivity index (χ4v) is 1.88. The van der Waals surface area contributed by atoms with Gasteiger partial charge < -0.3 is 10.0 Å². The Labute approximate surface area is 101 Å². The summed E-state index contributed by atoms with van der Waals surface area (Å²) in [6.07, 6.45) is 2.41. The first-order valence-corrected chi connectivity index (χ1v) is 6.03. The third-order valence-electron chi connectivity index (χ3n) is 2.97. The maximum Gasteiger partial charge on any atom is 0.323 e. The second-order valence-electron chi connectivity index (χ2n) is 4.81. The van der Waals surface area contributed by atoms with E-state index in [1.807, 2.05) is 36.9 Å². The number of rotatable bonds is 5. The van der Waals surface area contributed by atoms with Gasteiger partial charge in [-0.3, -0.25) is 4.79 Å². The number of hydrogen-bond acceptors (Lipinski definition) is 3. The molecule has 1 fully saturated rings. The number of anilines is 1. The Hall–Kier alpha value is -1.58. The standard InChI is InChI=1S/C13H18N2O2/c1-9(2)15(8-13(16)17)12-5-3-4-11(14-12)10-6-7-10/h3-5,9-10H,6-8H2,1-2H3,(H,16,17). The summed E-state index contributed by atoms with van der Waals surface area (Å²) in [5.74, 6) is 0.540. The molecule has 0 bridgehead atoms. The minimum atomic E-state index is -0.822. The third-order valence-corrected chi connectivity index (χ3v) is 2.97. The van der Waals surface area contributed by atoms with Gasteiger partial charge in [0.15, 0.2) is 0 Å². The van der Waals surface area contributed by atoms with E-state index in [0.717, 1.165) is 11.5 Å². The van der Waals surface area contributed by atoms with Crippen LogP contribution >= 0.6 is 0 Å². The van der Waals surface area contributed by atoms with Crippen LogP contribution in [0, 0.1) is 0 Å². The van der Waals surface area contributed by atoms with Crippen LogP contribution in [0.15, 0.2) is 18.2 Å². The van der Waals surface area contributed by atoms with Crippen LogP contribution in [0.5, 0.6) is 0 Å². The van der Waals surface area contributed by atoms with Gasteiger partial charge in [0.25, 0.3) is 0 Å². The molecule has 1 aromatic rings. The molecule has 0 saturated heterocycles. The first-order valence-electron chi connectivity index (χ1n) is 6.03. The number of carboxylic acid groups (broad SMARTS) is 1. The van der Waals surface area contributed by atoms with Crippen molar-refractivity contribution in [2.24, 2.45) is 0 Å². The number of hydrogen-bond donors (Lipinski definition) is 1. The van der Waals surface area contributed by atoms with E-state index in [2.05, 4.69) is 4.98 Å². The smallest absolute Gasteiger partial charge is 0.323 e. The molecule has 1 aliphatic carbocycles. The number of carboxylic acids is 1. The van der Waals surface area contributed by atoms with E-state index in [4.69, 9.17) is 5.11 Å². The first-order chi connectivity index (χ1) is 8.08. The average Bonchev–Trinajstić information content (AvgIpc) is 3.09. The van der Waals surface area contributed by atoms with Gasteiger partial charge in [-0.15, -0.1) is 0 Å². The van der Waals surface area contributed by atoms with Crippen molar-refractivity contribution in [3.8, 4) is 0 Å². The SMILES string of the molecule is CC(C)N(CC(=O)O)c1cccc(C2CC2)n1. The zero-order valence-electron chi connectivity index (χ0n) is 10.3. The predicted molar refractivity (Wildman–Crippen MR) is 66.3 cm³/mol. The van der Waals surface area contributed by atoms with Crippen molar-refractivity contribution in [3.63, 3.8) is 0 Å². The van der Waals surface area contributed by atoms with Crippen LogP contribution in [0.3, 0.4) is 0 Å². The lowest BCUT2D eigenvalue weighted by Gasteiger charge is -2.26. The summed E-state index contributed by atoms with van der Waals surface area (Å²) < 4.78 is 0.